The summed E-state index contributed by atoms with van der Waals surface area (Å²) in [7, 11) is 3.50. The molecule has 46 heavy (non-hydrogen) atoms. The van der Waals surface area contributed by atoms with Crippen molar-refractivity contribution in [3.63, 3.8) is 0 Å². The molecule has 0 radical (unpaired) electrons. The summed E-state index contributed by atoms with van der Waals surface area (Å²) in [5.41, 5.74) is 16.4. The number of likely N-dealkylation sites (tertiary alicyclic amines) is 1. The van der Waals surface area contributed by atoms with E-state index in [9.17, 15) is 14.0 Å². The van der Waals surface area contributed by atoms with Gasteiger partial charge in [-0.2, -0.15) is 0 Å². The van der Waals surface area contributed by atoms with Gasteiger partial charge >= 0.3 is 0 Å². The van der Waals surface area contributed by atoms with E-state index in [0.29, 0.717) is 35.0 Å². The number of carbonyl (C=O) groups excluding carboxylic acids is 2. The maximum atomic E-state index is 14.3. The van der Waals surface area contributed by atoms with E-state index >= 15 is 0 Å². The van der Waals surface area contributed by atoms with Crippen LogP contribution in [0.5, 0.6) is 11.5 Å². The average Bonchev–Trinajstić information content (AvgIpc) is 3.71. The number of aryl methyl sites for hydroxylation is 1. The molecule has 2 aliphatic rings. The molecule has 2 amide bonds. The molecule has 238 valence electrons. The number of pyridine rings is 1. The topological polar surface area (TPSA) is 144 Å². The molecule has 1 saturated carbocycles. The first-order valence-corrected chi connectivity index (χ1v) is 15.4. The molecule has 1 saturated heterocycles. The van der Waals surface area contributed by atoms with Gasteiger partial charge in [-0.15, -0.1) is 0 Å². The number of nitrogens with zero attached hydrogens (tertiary/aromatic N) is 5. The predicted octanol–water partition coefficient (Wildman–Crippen LogP) is 4.05. The lowest BCUT2D eigenvalue weighted by Crippen LogP contribution is -2.50. The van der Waals surface area contributed by atoms with Crippen LogP contribution < -0.4 is 20.9 Å². The molecule has 7 rings (SSSR count). The van der Waals surface area contributed by atoms with Gasteiger partial charge in [-0.1, -0.05) is 0 Å². The number of ether oxygens (including phenoxy) is 2. The molecule has 0 bridgehead atoms. The standard InChI is InChI=1S/C34H36FN7O4/c1-40-31-27(11-22(13-29(31)45-2)34(44)41-16-23(35)14-24(36)17-41)39-33(40)28-12-21-7-10-26(38-32(21)42(28)15-19-3-4-19)20-5-8-25(9-6-20)46-18-30(37)43/h5-13,19,23-24H,3-4,14-18,36H2,1-2H3,(H2,37,43)/t23-,24-/m1/s1. The number of imidazole rings is 1. The molecular weight excluding hydrogens is 589 g/mol. The number of alkyl halides is 1. The van der Waals surface area contributed by atoms with E-state index in [1.807, 2.05) is 29.8 Å². The first kappa shape index (κ1) is 29.7. The number of piperidine rings is 1. The third kappa shape index (κ3) is 5.64. The van der Waals surface area contributed by atoms with E-state index < -0.39 is 18.1 Å². The van der Waals surface area contributed by atoms with Crippen LogP contribution in [0.25, 0.3) is 44.8 Å². The Kier molecular flexibility index (Phi) is 7.59. The van der Waals surface area contributed by atoms with Gasteiger partial charge in [0.1, 0.15) is 28.8 Å². The average molecular weight is 626 g/mol. The number of carbonyl (C=O) groups is 2. The van der Waals surface area contributed by atoms with Crippen LogP contribution in [-0.2, 0) is 18.4 Å². The number of hydrogen-bond acceptors (Lipinski definition) is 7. The zero-order valence-electron chi connectivity index (χ0n) is 25.8. The summed E-state index contributed by atoms with van der Waals surface area (Å²) in [5, 5.41) is 0.984. The van der Waals surface area contributed by atoms with Crippen molar-refractivity contribution in [2.24, 2.45) is 24.4 Å². The third-order valence-electron chi connectivity index (χ3n) is 8.76. The van der Waals surface area contributed by atoms with Crippen molar-refractivity contribution in [3.8, 4) is 34.3 Å². The van der Waals surface area contributed by atoms with Crippen LogP contribution in [-0.4, -0.2) is 74.8 Å². The second-order valence-corrected chi connectivity index (χ2v) is 12.3. The number of fused-ring (bicyclic) bond motifs is 2. The fourth-order valence-electron chi connectivity index (χ4n) is 6.33. The number of nitrogens with two attached hydrogens (primary N) is 2. The molecule has 4 N–H and O–H groups in total. The van der Waals surface area contributed by atoms with E-state index in [-0.39, 0.29) is 25.5 Å². The van der Waals surface area contributed by atoms with Gasteiger partial charge in [0, 0.05) is 42.7 Å². The monoisotopic (exact) mass is 625 g/mol. The highest BCUT2D eigenvalue weighted by Crippen LogP contribution is 2.38. The van der Waals surface area contributed by atoms with Crippen molar-refractivity contribution < 1.29 is 23.5 Å². The Labute approximate surface area is 264 Å². The first-order valence-electron chi connectivity index (χ1n) is 15.4. The lowest BCUT2D eigenvalue weighted by Gasteiger charge is -2.33. The van der Waals surface area contributed by atoms with Crippen LogP contribution >= 0.6 is 0 Å². The van der Waals surface area contributed by atoms with Crippen LogP contribution in [0.2, 0.25) is 0 Å². The minimum atomic E-state index is -1.15. The van der Waals surface area contributed by atoms with Gasteiger partial charge < -0.3 is 35.0 Å². The van der Waals surface area contributed by atoms with Crippen LogP contribution in [0.1, 0.15) is 29.6 Å². The van der Waals surface area contributed by atoms with Crippen LogP contribution in [0.4, 0.5) is 4.39 Å². The summed E-state index contributed by atoms with van der Waals surface area (Å²) in [5.74, 6) is 1.51. The van der Waals surface area contributed by atoms with Crippen LogP contribution in [0.15, 0.2) is 54.6 Å². The maximum Gasteiger partial charge on any atom is 0.255 e. The molecule has 0 unspecified atom stereocenters. The third-order valence-corrected chi connectivity index (χ3v) is 8.76. The molecule has 12 heteroatoms. The summed E-state index contributed by atoms with van der Waals surface area (Å²) < 4.78 is 29.7. The Morgan fingerprint density at radius 2 is 1.83 bits per heavy atom. The lowest BCUT2D eigenvalue weighted by atomic mass is 10.0. The van der Waals surface area contributed by atoms with Gasteiger partial charge in [0.05, 0.1) is 30.6 Å². The number of primary amides is 1. The van der Waals surface area contributed by atoms with E-state index in [1.54, 1.807) is 31.4 Å². The summed E-state index contributed by atoms with van der Waals surface area (Å²) in [6.07, 6.45) is 1.42. The smallest absolute Gasteiger partial charge is 0.255 e. The molecule has 4 heterocycles. The zero-order valence-corrected chi connectivity index (χ0v) is 25.8. The first-order chi connectivity index (χ1) is 22.2. The fraction of sp³-hybridized carbons (Fsp3) is 0.353. The molecule has 11 nitrogen and oxygen atoms in total. The number of amides is 2. The molecule has 2 aromatic carbocycles. The molecule has 5 aromatic rings. The summed E-state index contributed by atoms with van der Waals surface area (Å²) in [6, 6.07) is 16.6. The Hall–Kier alpha value is -4.97. The van der Waals surface area contributed by atoms with Crippen molar-refractivity contribution in [2.45, 2.75) is 38.0 Å². The van der Waals surface area contributed by atoms with Crippen molar-refractivity contribution in [2.75, 3.05) is 26.8 Å². The largest absolute Gasteiger partial charge is 0.494 e. The number of methoxy groups -OCH3 is 1. The van der Waals surface area contributed by atoms with Crippen molar-refractivity contribution in [1.29, 1.82) is 0 Å². The van der Waals surface area contributed by atoms with Crippen LogP contribution in [0, 0.1) is 5.92 Å². The molecule has 0 spiro atoms. The van der Waals surface area contributed by atoms with Crippen molar-refractivity contribution in [1.82, 2.24) is 24.0 Å². The van der Waals surface area contributed by atoms with Gasteiger partial charge in [0.25, 0.3) is 11.8 Å². The zero-order chi connectivity index (χ0) is 32.1. The minimum Gasteiger partial charge on any atom is -0.494 e. The highest BCUT2D eigenvalue weighted by Gasteiger charge is 2.30. The Morgan fingerprint density at radius 1 is 1.04 bits per heavy atom. The van der Waals surface area contributed by atoms with E-state index in [2.05, 4.69) is 16.7 Å². The van der Waals surface area contributed by atoms with Crippen molar-refractivity contribution in [3.05, 3.63) is 60.2 Å². The highest BCUT2D eigenvalue weighted by atomic mass is 19.1. The van der Waals surface area contributed by atoms with Gasteiger partial charge in [-0.25, -0.2) is 14.4 Å². The fourth-order valence-corrected chi connectivity index (χ4v) is 6.33. The van der Waals surface area contributed by atoms with E-state index in [4.69, 9.17) is 30.9 Å². The lowest BCUT2D eigenvalue weighted by molar-refractivity contribution is -0.119. The maximum absolute atomic E-state index is 14.3. The number of aromatic nitrogens is 4. The highest BCUT2D eigenvalue weighted by molar-refractivity contribution is 6.00. The predicted molar refractivity (Wildman–Crippen MR) is 172 cm³/mol. The van der Waals surface area contributed by atoms with Gasteiger partial charge in [-0.3, -0.25) is 9.59 Å². The number of halogens is 1. The molecule has 1 aliphatic heterocycles. The second-order valence-electron chi connectivity index (χ2n) is 12.3. The van der Waals surface area contributed by atoms with Crippen LogP contribution in [0.3, 0.4) is 0 Å². The normalized spacial score (nSPS) is 18.3. The number of benzene rings is 2. The SMILES string of the molecule is COc1cc(C(=O)N2C[C@H](N)C[C@@H](F)C2)cc2nc(-c3cc4ccc(-c5ccc(OCC(N)=O)cc5)nc4n3CC3CC3)n(C)c12. The molecule has 1 aliphatic carbocycles. The number of hydrogen-bond donors (Lipinski definition) is 2. The Morgan fingerprint density at radius 3 is 2.52 bits per heavy atom. The minimum absolute atomic E-state index is 0.0177. The van der Waals surface area contributed by atoms with Crippen molar-refractivity contribution >= 4 is 33.9 Å². The molecule has 2 fully saturated rings. The summed E-state index contributed by atoms with van der Waals surface area (Å²) in [4.78, 5) is 36.1. The van der Waals surface area contributed by atoms with Gasteiger partial charge in [-0.05, 0) is 79.8 Å². The van der Waals surface area contributed by atoms with Gasteiger partial charge in [0.2, 0.25) is 0 Å². The second kappa shape index (κ2) is 11.8. The van der Waals surface area contributed by atoms with E-state index in [1.165, 1.54) is 4.90 Å². The van der Waals surface area contributed by atoms with E-state index in [0.717, 1.165) is 58.7 Å². The Bertz CT molecular complexity index is 1950. The molecule has 3 aromatic heterocycles. The summed E-state index contributed by atoms with van der Waals surface area (Å²) in [6.45, 7) is 0.943. The quantitative estimate of drug-likeness (QED) is 0.252. The summed E-state index contributed by atoms with van der Waals surface area (Å²) >= 11 is 0. The molecule has 2 atom stereocenters. The molecular formula is C34H36FN7O4. The number of rotatable bonds is 9. The van der Waals surface area contributed by atoms with Gasteiger partial charge in [0.15, 0.2) is 12.4 Å². The Balaban J connectivity index is 1.28.